The molecule has 1 aromatic carbocycles. The van der Waals surface area contributed by atoms with Gasteiger partial charge in [0.1, 0.15) is 0 Å². The van der Waals surface area contributed by atoms with Crippen LogP contribution in [0.5, 0.6) is 0 Å². The summed E-state index contributed by atoms with van der Waals surface area (Å²) in [5.41, 5.74) is 2.41. The van der Waals surface area contributed by atoms with E-state index in [1.165, 1.54) is 31.5 Å². The predicted octanol–water partition coefficient (Wildman–Crippen LogP) is 1.81. The molecule has 3 fully saturated rings. The van der Waals surface area contributed by atoms with Crippen molar-refractivity contribution in [1.29, 1.82) is 0 Å². The van der Waals surface area contributed by atoms with Gasteiger partial charge in [0.2, 0.25) is 11.8 Å². The first-order valence-corrected chi connectivity index (χ1v) is 9.48. The van der Waals surface area contributed by atoms with Crippen molar-refractivity contribution in [2.75, 3.05) is 37.6 Å². The molecule has 1 aromatic rings. The second-order valence-corrected chi connectivity index (χ2v) is 7.92. The Morgan fingerprint density at radius 2 is 2.12 bits per heavy atom. The monoisotopic (exact) mass is 341 g/mol. The number of anilines is 1. The van der Waals surface area contributed by atoms with Crippen molar-refractivity contribution in [2.24, 2.45) is 11.3 Å². The zero-order valence-corrected chi connectivity index (χ0v) is 15.0. The molecule has 0 saturated carbocycles. The van der Waals surface area contributed by atoms with E-state index >= 15 is 0 Å². The topological polar surface area (TPSA) is 52.7 Å². The molecular weight excluding hydrogens is 314 g/mol. The number of nitrogens with zero attached hydrogens (tertiary/aromatic N) is 2. The van der Waals surface area contributed by atoms with Gasteiger partial charge in [0, 0.05) is 37.2 Å². The largest absolute Gasteiger partial charge is 0.355 e. The van der Waals surface area contributed by atoms with Gasteiger partial charge in [0.15, 0.2) is 0 Å². The summed E-state index contributed by atoms with van der Waals surface area (Å²) in [5, 5.41) is 3.16. The van der Waals surface area contributed by atoms with Gasteiger partial charge in [-0.3, -0.25) is 9.59 Å². The molecule has 1 unspecified atom stereocenters. The van der Waals surface area contributed by atoms with E-state index < -0.39 is 0 Å². The number of piperidine rings is 1. The van der Waals surface area contributed by atoms with E-state index in [-0.39, 0.29) is 23.1 Å². The number of nitrogens with one attached hydrogen (secondary N) is 1. The molecule has 2 amide bonds. The van der Waals surface area contributed by atoms with Crippen molar-refractivity contribution in [1.82, 2.24) is 10.2 Å². The number of carbonyl (C=O) groups excluding carboxylic acids is 2. The molecule has 0 aromatic heterocycles. The van der Waals surface area contributed by atoms with E-state index in [1.807, 2.05) is 12.1 Å². The highest BCUT2D eigenvalue weighted by Crippen LogP contribution is 2.39. The van der Waals surface area contributed by atoms with Gasteiger partial charge in [0.25, 0.3) is 0 Å². The summed E-state index contributed by atoms with van der Waals surface area (Å²) in [7, 11) is 0. The van der Waals surface area contributed by atoms with E-state index in [4.69, 9.17) is 0 Å². The fourth-order valence-corrected chi connectivity index (χ4v) is 4.55. The van der Waals surface area contributed by atoms with Crippen molar-refractivity contribution in [3.63, 3.8) is 0 Å². The van der Waals surface area contributed by atoms with Crippen LogP contribution in [0.15, 0.2) is 24.3 Å². The summed E-state index contributed by atoms with van der Waals surface area (Å²) in [6, 6.07) is 8.07. The van der Waals surface area contributed by atoms with Crippen LogP contribution < -0.4 is 10.2 Å². The van der Waals surface area contributed by atoms with Gasteiger partial charge < -0.3 is 15.1 Å². The van der Waals surface area contributed by atoms with Crippen LogP contribution in [0.3, 0.4) is 0 Å². The van der Waals surface area contributed by atoms with Crippen LogP contribution in [0.25, 0.3) is 0 Å². The second kappa shape index (κ2) is 6.45. The Kier molecular flexibility index (Phi) is 4.28. The molecule has 5 nitrogen and oxygen atoms in total. The number of fused-ring (bicyclic) bond motifs is 2. The first-order valence-electron chi connectivity index (χ1n) is 9.48. The van der Waals surface area contributed by atoms with Gasteiger partial charge in [0.05, 0.1) is 5.92 Å². The highest BCUT2D eigenvalue weighted by atomic mass is 16.2. The molecule has 3 aliphatic rings. The lowest BCUT2D eigenvalue weighted by molar-refractivity contribution is -0.126. The zero-order valence-electron chi connectivity index (χ0n) is 15.0. The normalized spacial score (nSPS) is 30.9. The lowest BCUT2D eigenvalue weighted by atomic mass is 9.84. The molecule has 4 rings (SSSR count). The Hall–Kier alpha value is -1.88. The molecule has 0 aliphatic carbocycles. The molecule has 3 heterocycles. The Labute approximate surface area is 149 Å². The molecular formula is C20H27N3O2. The summed E-state index contributed by atoms with van der Waals surface area (Å²) < 4.78 is 0. The first-order chi connectivity index (χ1) is 12.1. The fraction of sp³-hybridized carbons (Fsp3) is 0.600. The predicted molar refractivity (Wildman–Crippen MR) is 97.4 cm³/mol. The number of carbonyl (C=O) groups is 2. The van der Waals surface area contributed by atoms with E-state index in [9.17, 15) is 9.59 Å². The number of benzene rings is 1. The number of aryl methyl sites for hydroxylation is 1. The third-order valence-corrected chi connectivity index (χ3v) is 6.24. The maximum Gasteiger partial charge on any atom is 0.227 e. The number of hydrogen-bond donors (Lipinski definition) is 1. The van der Waals surface area contributed by atoms with E-state index in [0.29, 0.717) is 13.0 Å². The second-order valence-electron chi connectivity index (χ2n) is 7.92. The SMILES string of the molecule is CCc1cccc(N2CC(C(=O)NCC34CCN(CC3)C4)CC2=O)c1. The minimum Gasteiger partial charge on any atom is -0.355 e. The Morgan fingerprint density at radius 3 is 2.80 bits per heavy atom. The van der Waals surface area contributed by atoms with E-state index in [1.54, 1.807) is 4.90 Å². The van der Waals surface area contributed by atoms with Gasteiger partial charge in [-0.25, -0.2) is 0 Å². The first kappa shape index (κ1) is 16.6. The zero-order chi connectivity index (χ0) is 17.4. The van der Waals surface area contributed by atoms with Crippen molar-refractivity contribution in [3.05, 3.63) is 29.8 Å². The van der Waals surface area contributed by atoms with Crippen LogP contribution in [-0.2, 0) is 16.0 Å². The van der Waals surface area contributed by atoms with Gasteiger partial charge in [-0.2, -0.15) is 0 Å². The average molecular weight is 341 g/mol. The standard InChI is InChI=1S/C20H27N3O2/c1-2-15-4-3-5-17(10-15)23-12-16(11-18(23)24)19(25)21-13-20-6-8-22(14-20)9-7-20/h3-5,10,16H,2,6-9,11-14H2,1H3,(H,21,25). The van der Waals surface area contributed by atoms with E-state index in [0.717, 1.165) is 25.2 Å². The van der Waals surface area contributed by atoms with Gasteiger partial charge in [-0.05, 0) is 50.0 Å². The van der Waals surface area contributed by atoms with Crippen molar-refractivity contribution < 1.29 is 9.59 Å². The molecule has 0 spiro atoms. The Morgan fingerprint density at radius 1 is 1.32 bits per heavy atom. The molecule has 134 valence electrons. The Balaban J connectivity index is 1.37. The average Bonchev–Trinajstić information content (AvgIpc) is 3.34. The van der Waals surface area contributed by atoms with E-state index in [2.05, 4.69) is 29.3 Å². The Bertz CT molecular complexity index is 679. The summed E-state index contributed by atoms with van der Waals surface area (Å²) >= 11 is 0. The highest BCUT2D eigenvalue weighted by Gasteiger charge is 2.44. The number of amides is 2. The van der Waals surface area contributed by atoms with Crippen LogP contribution >= 0.6 is 0 Å². The minimum atomic E-state index is -0.229. The van der Waals surface area contributed by atoms with Gasteiger partial charge in [-0.1, -0.05) is 19.1 Å². The van der Waals surface area contributed by atoms with Gasteiger partial charge in [-0.15, -0.1) is 0 Å². The highest BCUT2D eigenvalue weighted by molar-refractivity contribution is 6.00. The summed E-state index contributed by atoms with van der Waals surface area (Å²) in [6.07, 6.45) is 3.64. The molecule has 1 atom stereocenters. The molecule has 3 saturated heterocycles. The molecule has 25 heavy (non-hydrogen) atoms. The number of rotatable bonds is 5. The summed E-state index contributed by atoms with van der Waals surface area (Å²) in [5.74, 6) is -0.130. The molecule has 0 radical (unpaired) electrons. The maximum absolute atomic E-state index is 12.6. The lowest BCUT2D eigenvalue weighted by Crippen LogP contribution is -2.40. The maximum atomic E-state index is 12.6. The molecule has 2 bridgehead atoms. The minimum absolute atomic E-state index is 0.0437. The van der Waals surface area contributed by atoms with Crippen LogP contribution in [-0.4, -0.2) is 49.4 Å². The fourth-order valence-electron chi connectivity index (χ4n) is 4.55. The van der Waals surface area contributed by atoms with Crippen molar-refractivity contribution in [2.45, 2.75) is 32.6 Å². The lowest BCUT2D eigenvalue weighted by Gasteiger charge is -2.26. The van der Waals surface area contributed by atoms with Crippen LogP contribution in [0.1, 0.15) is 31.7 Å². The van der Waals surface area contributed by atoms with Crippen molar-refractivity contribution >= 4 is 17.5 Å². The third-order valence-electron chi connectivity index (χ3n) is 6.24. The molecule has 5 heteroatoms. The number of hydrogen-bond acceptors (Lipinski definition) is 3. The van der Waals surface area contributed by atoms with Gasteiger partial charge >= 0.3 is 0 Å². The summed E-state index contributed by atoms with van der Waals surface area (Å²) in [4.78, 5) is 29.3. The third kappa shape index (κ3) is 3.17. The smallest absolute Gasteiger partial charge is 0.227 e. The quantitative estimate of drug-likeness (QED) is 0.889. The van der Waals surface area contributed by atoms with Crippen LogP contribution in [0.4, 0.5) is 5.69 Å². The van der Waals surface area contributed by atoms with Crippen LogP contribution in [0.2, 0.25) is 0 Å². The summed E-state index contributed by atoms with van der Waals surface area (Å²) in [6.45, 7) is 6.81. The molecule has 1 N–H and O–H groups in total. The van der Waals surface area contributed by atoms with Crippen molar-refractivity contribution in [3.8, 4) is 0 Å². The van der Waals surface area contributed by atoms with Crippen LogP contribution in [0, 0.1) is 11.3 Å². The molecule has 3 aliphatic heterocycles.